The van der Waals surface area contributed by atoms with Crippen LogP contribution in [0.1, 0.15) is 18.9 Å². The van der Waals surface area contributed by atoms with Crippen LogP contribution in [0, 0.1) is 16.0 Å². The van der Waals surface area contributed by atoms with Crippen LogP contribution in [-0.4, -0.2) is 44.3 Å². The zero-order valence-electron chi connectivity index (χ0n) is 13.2. The molecule has 0 bridgehead atoms. The van der Waals surface area contributed by atoms with E-state index in [0.717, 1.165) is 13.0 Å². The third-order valence-electron chi connectivity index (χ3n) is 4.00. The van der Waals surface area contributed by atoms with Crippen molar-refractivity contribution in [2.75, 3.05) is 26.7 Å². The summed E-state index contributed by atoms with van der Waals surface area (Å²) in [7, 11) is -1.85. The molecule has 1 unspecified atom stereocenters. The number of nitrogens with one attached hydrogen (secondary N) is 1. The second-order valence-corrected chi connectivity index (χ2v) is 7.38. The Balaban J connectivity index is 0.00000264. The number of nitro benzene ring substituents is 1. The zero-order chi connectivity index (χ0) is 16.3. The van der Waals surface area contributed by atoms with Crippen LogP contribution in [0.15, 0.2) is 23.1 Å². The van der Waals surface area contributed by atoms with Crippen LogP contribution < -0.4 is 5.32 Å². The molecule has 130 valence electrons. The summed E-state index contributed by atoms with van der Waals surface area (Å²) < 4.78 is 27.1. The molecule has 23 heavy (non-hydrogen) atoms. The van der Waals surface area contributed by atoms with Crippen LogP contribution in [0.25, 0.3) is 0 Å². The van der Waals surface area contributed by atoms with E-state index in [-0.39, 0.29) is 28.9 Å². The highest BCUT2D eigenvalue weighted by atomic mass is 35.5. The molecule has 0 aromatic heterocycles. The number of non-ortho nitro benzene ring substituents is 1. The first-order chi connectivity index (χ1) is 10.4. The predicted octanol–water partition coefficient (Wildman–Crippen LogP) is 1.81. The van der Waals surface area contributed by atoms with E-state index < -0.39 is 14.9 Å². The van der Waals surface area contributed by atoms with Crippen LogP contribution in [0.5, 0.6) is 0 Å². The van der Waals surface area contributed by atoms with Gasteiger partial charge in [0.1, 0.15) is 0 Å². The second-order valence-electron chi connectivity index (χ2n) is 5.48. The topological polar surface area (TPSA) is 92.5 Å². The summed E-state index contributed by atoms with van der Waals surface area (Å²) in [4.78, 5) is 10.4. The molecule has 1 aromatic rings. The lowest BCUT2D eigenvalue weighted by atomic mass is 10.1. The van der Waals surface area contributed by atoms with Gasteiger partial charge in [-0.05, 0) is 37.9 Å². The van der Waals surface area contributed by atoms with Gasteiger partial charge in [-0.15, -0.1) is 12.4 Å². The minimum atomic E-state index is -3.69. The normalized spacial score (nSPS) is 18.6. The highest BCUT2D eigenvalue weighted by Gasteiger charge is 2.34. The Morgan fingerprint density at radius 3 is 2.70 bits per heavy atom. The van der Waals surface area contributed by atoms with E-state index in [4.69, 9.17) is 0 Å². The molecule has 2 rings (SSSR count). The number of hydrogen-bond acceptors (Lipinski definition) is 5. The Labute approximate surface area is 142 Å². The number of nitro groups is 1. The number of hydrogen-bond donors (Lipinski definition) is 1. The van der Waals surface area contributed by atoms with Gasteiger partial charge < -0.3 is 5.32 Å². The molecular formula is C14H22ClN3O4S. The summed E-state index contributed by atoms with van der Waals surface area (Å²) in [6, 6.07) is 4.07. The number of rotatable bonds is 6. The Bertz CT molecular complexity index is 666. The maximum absolute atomic E-state index is 12.8. The molecule has 0 spiro atoms. The average Bonchev–Trinajstić information content (AvgIpc) is 2.96. The lowest BCUT2D eigenvalue weighted by Gasteiger charge is -2.18. The highest BCUT2D eigenvalue weighted by molar-refractivity contribution is 7.89. The number of benzene rings is 1. The van der Waals surface area contributed by atoms with Crippen molar-refractivity contribution in [3.63, 3.8) is 0 Å². The number of aryl methyl sites for hydroxylation is 1. The first-order valence-corrected chi connectivity index (χ1v) is 8.76. The van der Waals surface area contributed by atoms with Crippen molar-refractivity contribution in [2.24, 2.45) is 5.92 Å². The van der Waals surface area contributed by atoms with Crippen molar-refractivity contribution >= 4 is 28.1 Å². The van der Waals surface area contributed by atoms with Gasteiger partial charge in [-0.3, -0.25) is 10.1 Å². The average molecular weight is 364 g/mol. The molecule has 1 heterocycles. The van der Waals surface area contributed by atoms with Gasteiger partial charge in [0.15, 0.2) is 0 Å². The highest BCUT2D eigenvalue weighted by Crippen LogP contribution is 2.29. The Kier molecular flexibility index (Phi) is 6.94. The summed E-state index contributed by atoms with van der Waals surface area (Å²) in [6.45, 7) is 3.52. The third kappa shape index (κ3) is 4.20. The fourth-order valence-electron chi connectivity index (χ4n) is 2.80. The van der Waals surface area contributed by atoms with Gasteiger partial charge in [0.2, 0.25) is 10.0 Å². The maximum Gasteiger partial charge on any atom is 0.270 e. The van der Waals surface area contributed by atoms with Gasteiger partial charge >= 0.3 is 0 Å². The molecule has 7 nitrogen and oxygen atoms in total. The third-order valence-corrected chi connectivity index (χ3v) is 5.95. The standard InChI is InChI=1S/C14H21N3O4S.ClH/c1-3-12-4-5-13(17(18)19)8-14(12)22(20,21)16-7-6-11(10-16)9-15-2;/h4-5,8,11,15H,3,6-7,9-10H2,1-2H3;1H. The van der Waals surface area contributed by atoms with Gasteiger partial charge in [0.05, 0.1) is 9.82 Å². The largest absolute Gasteiger partial charge is 0.319 e. The zero-order valence-corrected chi connectivity index (χ0v) is 14.8. The fourth-order valence-corrected chi connectivity index (χ4v) is 4.64. The monoisotopic (exact) mass is 363 g/mol. The predicted molar refractivity (Wildman–Crippen MR) is 90.5 cm³/mol. The van der Waals surface area contributed by atoms with E-state index in [1.807, 2.05) is 14.0 Å². The van der Waals surface area contributed by atoms with Gasteiger partial charge in [-0.1, -0.05) is 13.0 Å². The minimum Gasteiger partial charge on any atom is -0.319 e. The first-order valence-electron chi connectivity index (χ1n) is 7.32. The van der Waals surface area contributed by atoms with E-state index in [0.29, 0.717) is 25.1 Å². The summed E-state index contributed by atoms with van der Waals surface area (Å²) in [6.07, 6.45) is 1.32. The molecule has 0 aliphatic carbocycles. The minimum absolute atomic E-state index is 0. The molecule has 0 radical (unpaired) electrons. The van der Waals surface area contributed by atoms with E-state index in [9.17, 15) is 18.5 Å². The summed E-state index contributed by atoms with van der Waals surface area (Å²) in [5.74, 6) is 0.281. The Hall–Kier alpha value is -1.22. The lowest BCUT2D eigenvalue weighted by molar-refractivity contribution is -0.385. The summed E-state index contributed by atoms with van der Waals surface area (Å²) in [5, 5.41) is 14.0. The van der Waals surface area contributed by atoms with Gasteiger partial charge in [-0.25, -0.2) is 8.42 Å². The molecule has 1 aromatic carbocycles. The molecule has 0 amide bonds. The van der Waals surface area contributed by atoms with Crippen molar-refractivity contribution in [1.82, 2.24) is 9.62 Å². The van der Waals surface area contributed by atoms with Crippen LogP contribution in [0.4, 0.5) is 5.69 Å². The van der Waals surface area contributed by atoms with Crippen molar-refractivity contribution < 1.29 is 13.3 Å². The van der Waals surface area contributed by atoms with Crippen LogP contribution >= 0.6 is 12.4 Å². The van der Waals surface area contributed by atoms with Crippen LogP contribution in [0.2, 0.25) is 0 Å². The van der Waals surface area contributed by atoms with E-state index in [1.54, 1.807) is 0 Å². The van der Waals surface area contributed by atoms with Crippen molar-refractivity contribution in [2.45, 2.75) is 24.7 Å². The number of nitrogens with zero attached hydrogens (tertiary/aromatic N) is 2. The van der Waals surface area contributed by atoms with Gasteiger partial charge in [-0.2, -0.15) is 4.31 Å². The van der Waals surface area contributed by atoms with E-state index >= 15 is 0 Å². The molecular weight excluding hydrogens is 342 g/mol. The maximum atomic E-state index is 12.8. The van der Waals surface area contributed by atoms with Crippen LogP contribution in [-0.2, 0) is 16.4 Å². The summed E-state index contributed by atoms with van der Waals surface area (Å²) in [5.41, 5.74) is 0.421. The molecule has 1 N–H and O–H groups in total. The molecule has 9 heteroatoms. The molecule has 1 aliphatic heterocycles. The smallest absolute Gasteiger partial charge is 0.270 e. The molecule has 1 atom stereocenters. The molecule has 1 fully saturated rings. The van der Waals surface area contributed by atoms with Crippen molar-refractivity contribution in [1.29, 1.82) is 0 Å². The molecule has 1 saturated heterocycles. The van der Waals surface area contributed by atoms with Crippen molar-refractivity contribution in [3.8, 4) is 0 Å². The second kappa shape index (κ2) is 8.05. The van der Waals surface area contributed by atoms with Crippen LogP contribution in [0.3, 0.4) is 0 Å². The SMILES string of the molecule is CCc1ccc([N+](=O)[O-])cc1S(=O)(=O)N1CCC(CNC)C1.Cl. The number of halogens is 1. The first kappa shape index (κ1) is 19.8. The van der Waals surface area contributed by atoms with Gasteiger partial charge in [0, 0.05) is 25.2 Å². The fraction of sp³-hybridized carbons (Fsp3) is 0.571. The summed E-state index contributed by atoms with van der Waals surface area (Å²) >= 11 is 0. The quantitative estimate of drug-likeness (QED) is 0.614. The Morgan fingerprint density at radius 1 is 1.43 bits per heavy atom. The lowest BCUT2D eigenvalue weighted by Crippen LogP contribution is -2.31. The van der Waals surface area contributed by atoms with E-state index in [2.05, 4.69) is 5.32 Å². The number of sulfonamides is 1. The van der Waals surface area contributed by atoms with Crippen molar-refractivity contribution in [3.05, 3.63) is 33.9 Å². The Morgan fingerprint density at radius 2 is 2.13 bits per heavy atom. The molecule has 0 saturated carbocycles. The van der Waals surface area contributed by atoms with E-state index in [1.165, 1.54) is 22.5 Å². The molecule has 1 aliphatic rings. The van der Waals surface area contributed by atoms with Gasteiger partial charge in [0.25, 0.3) is 5.69 Å².